The van der Waals surface area contributed by atoms with E-state index in [1.54, 1.807) is 0 Å². The molecule has 0 saturated carbocycles. The highest BCUT2D eigenvalue weighted by Crippen LogP contribution is 2.21. The van der Waals surface area contributed by atoms with Crippen LogP contribution in [0.1, 0.15) is 30.9 Å². The first kappa shape index (κ1) is 22.4. The lowest BCUT2D eigenvalue weighted by molar-refractivity contribution is -0.142. The first-order valence-electron chi connectivity index (χ1n) is 9.91. The van der Waals surface area contributed by atoms with Crippen LogP contribution in [-0.2, 0) is 27.2 Å². The van der Waals surface area contributed by atoms with Crippen molar-refractivity contribution >= 4 is 12.1 Å². The van der Waals surface area contributed by atoms with E-state index in [0.717, 1.165) is 36.1 Å². The number of ether oxygens (including phenoxy) is 2. The van der Waals surface area contributed by atoms with Crippen molar-refractivity contribution < 1.29 is 19.1 Å². The monoisotopic (exact) mass is 398 g/mol. The zero-order chi connectivity index (χ0) is 21.1. The van der Waals surface area contributed by atoms with E-state index in [1.165, 1.54) is 12.7 Å². The molecule has 29 heavy (non-hydrogen) atoms. The summed E-state index contributed by atoms with van der Waals surface area (Å²) in [4.78, 5) is 24.0. The van der Waals surface area contributed by atoms with Gasteiger partial charge in [0.15, 0.2) is 0 Å². The van der Waals surface area contributed by atoms with E-state index in [9.17, 15) is 9.59 Å². The van der Waals surface area contributed by atoms with Crippen LogP contribution in [-0.4, -0.2) is 38.9 Å². The Morgan fingerprint density at radius 3 is 2.45 bits per heavy atom. The summed E-state index contributed by atoms with van der Waals surface area (Å²) in [5, 5.41) is 5.75. The third-order valence-electron chi connectivity index (χ3n) is 4.54. The van der Waals surface area contributed by atoms with Crippen molar-refractivity contribution in [2.45, 2.75) is 38.8 Å². The number of rotatable bonds is 10. The van der Waals surface area contributed by atoms with Crippen molar-refractivity contribution in [3.05, 3.63) is 59.7 Å². The smallest absolute Gasteiger partial charge is 0.407 e. The molecule has 0 spiro atoms. The van der Waals surface area contributed by atoms with Gasteiger partial charge in [-0.1, -0.05) is 55.8 Å². The largest absolute Gasteiger partial charge is 0.467 e. The van der Waals surface area contributed by atoms with E-state index in [0.29, 0.717) is 13.0 Å². The van der Waals surface area contributed by atoms with Gasteiger partial charge in [0.25, 0.3) is 0 Å². The summed E-state index contributed by atoms with van der Waals surface area (Å²) in [7, 11) is 3.23. The van der Waals surface area contributed by atoms with Gasteiger partial charge in [0, 0.05) is 13.0 Å². The van der Waals surface area contributed by atoms with Gasteiger partial charge in [-0.25, -0.2) is 9.59 Å². The lowest BCUT2D eigenvalue weighted by atomic mass is 9.99. The second-order valence-electron chi connectivity index (χ2n) is 6.84. The number of hydrogen-bond donors (Lipinski definition) is 2. The van der Waals surface area contributed by atoms with Crippen LogP contribution in [0.2, 0.25) is 0 Å². The molecule has 2 aromatic rings. The van der Waals surface area contributed by atoms with E-state index in [2.05, 4.69) is 28.8 Å². The molecule has 2 aromatic carbocycles. The van der Waals surface area contributed by atoms with Crippen molar-refractivity contribution in [3.63, 3.8) is 0 Å². The maximum Gasteiger partial charge on any atom is 0.407 e. The van der Waals surface area contributed by atoms with Gasteiger partial charge in [-0.2, -0.15) is 0 Å². The van der Waals surface area contributed by atoms with Crippen LogP contribution in [0.4, 0.5) is 4.79 Å². The molecule has 0 aliphatic rings. The molecule has 156 valence electrons. The normalized spacial score (nSPS) is 11.6. The van der Waals surface area contributed by atoms with Gasteiger partial charge in [0.1, 0.15) is 6.04 Å². The Hall–Kier alpha value is -2.86. The second kappa shape index (κ2) is 11.9. The van der Waals surface area contributed by atoms with Crippen molar-refractivity contribution in [2.24, 2.45) is 0 Å². The molecule has 0 heterocycles. The summed E-state index contributed by atoms with van der Waals surface area (Å²) >= 11 is 0. The molecule has 0 radical (unpaired) electrons. The minimum Gasteiger partial charge on any atom is -0.467 e. The molecule has 1 unspecified atom stereocenters. The third kappa shape index (κ3) is 7.23. The summed E-state index contributed by atoms with van der Waals surface area (Å²) in [6.07, 6.45) is 1.44. The van der Waals surface area contributed by atoms with Crippen LogP contribution >= 0.6 is 0 Å². The van der Waals surface area contributed by atoms with Crippen molar-refractivity contribution in [3.8, 4) is 11.1 Å². The van der Waals surface area contributed by atoms with Crippen LogP contribution in [0.15, 0.2) is 48.5 Å². The Bertz CT molecular complexity index is 790. The maximum absolute atomic E-state index is 12.1. The standard InChI is InChI=1S/C23H30N2O4/c1-4-5-13-29-23(27)25-21(22(26)28-3)15-17-9-11-19(12-10-17)20-8-6-7-18(14-20)16-24-2/h6-12,14,21,24H,4-5,13,15-16H2,1-3H3,(H,25,27). The zero-order valence-corrected chi connectivity index (χ0v) is 17.4. The fourth-order valence-electron chi connectivity index (χ4n) is 2.96. The van der Waals surface area contributed by atoms with Crippen molar-refractivity contribution in [1.82, 2.24) is 10.6 Å². The quantitative estimate of drug-likeness (QED) is 0.472. The van der Waals surface area contributed by atoms with Gasteiger partial charge in [0.2, 0.25) is 0 Å². The van der Waals surface area contributed by atoms with E-state index < -0.39 is 18.1 Å². The van der Waals surface area contributed by atoms with Gasteiger partial charge in [0.05, 0.1) is 13.7 Å². The SMILES string of the molecule is CCCCOC(=O)NC(Cc1ccc(-c2cccc(CNC)c2)cc1)C(=O)OC. The molecule has 0 aliphatic heterocycles. The molecule has 2 rings (SSSR count). The summed E-state index contributed by atoms with van der Waals surface area (Å²) < 4.78 is 9.92. The van der Waals surface area contributed by atoms with Gasteiger partial charge < -0.3 is 20.1 Å². The molecule has 6 heteroatoms. The highest BCUT2D eigenvalue weighted by molar-refractivity contribution is 5.81. The van der Waals surface area contributed by atoms with E-state index in [4.69, 9.17) is 9.47 Å². The number of carbonyl (C=O) groups is 2. The molecular weight excluding hydrogens is 368 g/mol. The average Bonchev–Trinajstić information content (AvgIpc) is 2.74. The number of unbranched alkanes of at least 4 members (excludes halogenated alkanes) is 1. The molecule has 0 fully saturated rings. The highest BCUT2D eigenvalue weighted by atomic mass is 16.6. The number of alkyl carbamates (subject to hydrolysis) is 1. The van der Waals surface area contributed by atoms with Gasteiger partial charge in [-0.05, 0) is 41.8 Å². The lowest BCUT2D eigenvalue weighted by Crippen LogP contribution is -2.43. The number of amides is 1. The minimum atomic E-state index is -0.793. The predicted octanol–water partition coefficient (Wildman–Crippen LogP) is 3.68. The molecule has 0 saturated heterocycles. The first-order chi connectivity index (χ1) is 14.1. The number of hydrogen-bond acceptors (Lipinski definition) is 5. The third-order valence-corrected chi connectivity index (χ3v) is 4.54. The van der Waals surface area contributed by atoms with Crippen LogP contribution in [0.5, 0.6) is 0 Å². The molecule has 2 N–H and O–H groups in total. The number of methoxy groups -OCH3 is 1. The van der Waals surface area contributed by atoms with Crippen LogP contribution < -0.4 is 10.6 Å². The van der Waals surface area contributed by atoms with Crippen LogP contribution in [0, 0.1) is 0 Å². The summed E-state index contributed by atoms with van der Waals surface area (Å²) in [5.41, 5.74) is 4.36. The summed E-state index contributed by atoms with van der Waals surface area (Å²) in [5.74, 6) is -0.499. The lowest BCUT2D eigenvalue weighted by Gasteiger charge is -2.17. The number of esters is 1. The molecule has 1 atom stereocenters. The van der Waals surface area contributed by atoms with E-state index in [1.807, 2.05) is 44.3 Å². The van der Waals surface area contributed by atoms with E-state index in [-0.39, 0.29) is 0 Å². The Balaban J connectivity index is 2.05. The summed E-state index contributed by atoms with van der Waals surface area (Å²) in [6.45, 7) is 3.16. The van der Waals surface area contributed by atoms with Crippen molar-refractivity contribution in [2.75, 3.05) is 20.8 Å². The Morgan fingerprint density at radius 2 is 1.79 bits per heavy atom. The Kier molecular flexibility index (Phi) is 9.18. The fourth-order valence-corrected chi connectivity index (χ4v) is 2.96. The molecule has 6 nitrogen and oxygen atoms in total. The minimum absolute atomic E-state index is 0.329. The number of nitrogens with one attached hydrogen (secondary N) is 2. The molecule has 0 bridgehead atoms. The van der Waals surface area contributed by atoms with Gasteiger partial charge in [-0.15, -0.1) is 0 Å². The van der Waals surface area contributed by atoms with Gasteiger partial charge >= 0.3 is 12.1 Å². The van der Waals surface area contributed by atoms with E-state index >= 15 is 0 Å². The molecular formula is C23H30N2O4. The zero-order valence-electron chi connectivity index (χ0n) is 17.4. The Morgan fingerprint density at radius 1 is 1.03 bits per heavy atom. The van der Waals surface area contributed by atoms with Crippen LogP contribution in [0.25, 0.3) is 11.1 Å². The predicted molar refractivity (Wildman–Crippen MR) is 114 cm³/mol. The van der Waals surface area contributed by atoms with Crippen molar-refractivity contribution in [1.29, 1.82) is 0 Å². The Labute approximate surface area is 172 Å². The molecule has 1 amide bonds. The summed E-state index contributed by atoms with van der Waals surface area (Å²) in [6, 6.07) is 15.5. The topological polar surface area (TPSA) is 76.7 Å². The first-order valence-corrected chi connectivity index (χ1v) is 9.91. The molecule has 0 aromatic heterocycles. The molecule has 0 aliphatic carbocycles. The maximum atomic E-state index is 12.1. The fraction of sp³-hybridized carbons (Fsp3) is 0.391. The second-order valence-corrected chi connectivity index (χ2v) is 6.84. The number of benzene rings is 2. The number of carbonyl (C=O) groups excluding carboxylic acids is 2. The van der Waals surface area contributed by atoms with Gasteiger partial charge in [-0.3, -0.25) is 0 Å². The average molecular weight is 399 g/mol. The van der Waals surface area contributed by atoms with Crippen LogP contribution in [0.3, 0.4) is 0 Å². The highest BCUT2D eigenvalue weighted by Gasteiger charge is 2.22.